The minimum Gasteiger partial charge on any atom is -0.459 e. The lowest BCUT2D eigenvalue weighted by Gasteiger charge is -2.30. The molecule has 2 aliphatic heterocycles. The number of sulfonamides is 1. The van der Waals surface area contributed by atoms with Crippen molar-refractivity contribution in [3.05, 3.63) is 28.8 Å². The van der Waals surface area contributed by atoms with Gasteiger partial charge in [0.15, 0.2) is 0 Å². The van der Waals surface area contributed by atoms with Gasteiger partial charge in [-0.2, -0.15) is 4.98 Å². The first-order chi connectivity index (χ1) is 28.4. The molecule has 0 unspecified atom stereocenters. The molecule has 1 aromatic carbocycles. The van der Waals surface area contributed by atoms with Crippen LogP contribution in [0.1, 0.15) is 135 Å². The van der Waals surface area contributed by atoms with E-state index in [1.807, 2.05) is 36.6 Å². The molecule has 326 valence electrons. The largest absolute Gasteiger partial charge is 0.459 e. The summed E-state index contributed by atoms with van der Waals surface area (Å²) in [7, 11) is -3.97. The molecule has 0 bridgehead atoms. The highest BCUT2D eigenvalue weighted by Crippen LogP contribution is 2.49. The highest BCUT2D eigenvalue weighted by atomic mass is 32.2. The molecule has 5 atom stereocenters. The number of alkyl carbamates (subject to hydrolysis) is 1. The zero-order valence-electron chi connectivity index (χ0n) is 35.6. The second-order valence-electron chi connectivity index (χ2n) is 19.0. The number of imidazole rings is 1. The van der Waals surface area contributed by atoms with Crippen molar-refractivity contribution in [3.8, 4) is 16.6 Å². The summed E-state index contributed by atoms with van der Waals surface area (Å²) in [5, 5.41) is 6.70. The second kappa shape index (κ2) is 15.9. The summed E-state index contributed by atoms with van der Waals surface area (Å²) in [4.78, 5) is 69.3. The number of carbonyl (C=O) groups is 4. The number of rotatable bonds is 8. The van der Waals surface area contributed by atoms with E-state index in [2.05, 4.69) is 15.4 Å². The van der Waals surface area contributed by atoms with Crippen LogP contribution >= 0.6 is 11.3 Å². The van der Waals surface area contributed by atoms with Gasteiger partial charge in [0.1, 0.15) is 39.9 Å². The van der Waals surface area contributed by atoms with Crippen LogP contribution in [0.25, 0.3) is 21.6 Å². The Kier molecular flexibility index (Phi) is 11.2. The minimum absolute atomic E-state index is 0.00609. The maximum Gasteiger partial charge on any atom is 0.408 e. The van der Waals surface area contributed by atoms with Crippen molar-refractivity contribution in [3.63, 3.8) is 0 Å². The van der Waals surface area contributed by atoms with Crippen molar-refractivity contribution in [1.29, 1.82) is 0 Å². The number of amides is 4. The Hall–Kier alpha value is -4.25. The third-order valence-corrected chi connectivity index (χ3v) is 16.2. The Morgan fingerprint density at radius 3 is 2.45 bits per heavy atom. The lowest BCUT2D eigenvalue weighted by molar-refractivity contribution is -0.141. The minimum atomic E-state index is -3.97. The molecule has 4 amide bonds. The molecule has 2 aromatic heterocycles. The number of thiazole rings is 1. The van der Waals surface area contributed by atoms with Crippen LogP contribution in [0.4, 0.5) is 4.79 Å². The van der Waals surface area contributed by atoms with Crippen molar-refractivity contribution in [2.24, 2.45) is 5.92 Å². The van der Waals surface area contributed by atoms with Crippen LogP contribution in [-0.4, -0.2) is 92.3 Å². The number of para-hydroxylation sites is 1. The van der Waals surface area contributed by atoms with Crippen LogP contribution in [0.15, 0.2) is 18.2 Å². The Balaban J connectivity index is 1.12. The average Bonchev–Trinajstić information content (AvgIpc) is 3.72. The van der Waals surface area contributed by atoms with Crippen LogP contribution in [0, 0.1) is 5.92 Å². The molecule has 15 nitrogen and oxygen atoms in total. The molecule has 17 heteroatoms. The van der Waals surface area contributed by atoms with Crippen LogP contribution in [0.3, 0.4) is 0 Å². The summed E-state index contributed by atoms with van der Waals surface area (Å²) < 4.78 is 42.2. The van der Waals surface area contributed by atoms with Gasteiger partial charge in [0.2, 0.25) is 21.8 Å². The number of aromatic nitrogens is 3. The van der Waals surface area contributed by atoms with Crippen LogP contribution in [-0.2, 0) is 42.0 Å². The number of aryl methyl sites for hydroxylation is 2. The fourth-order valence-corrected chi connectivity index (χ4v) is 11.6. The average molecular weight is 866 g/mol. The van der Waals surface area contributed by atoms with E-state index in [4.69, 9.17) is 19.4 Å². The van der Waals surface area contributed by atoms with E-state index in [-0.39, 0.29) is 24.9 Å². The topological polar surface area (TPSA) is 191 Å². The molecule has 2 saturated heterocycles. The molecule has 2 saturated carbocycles. The van der Waals surface area contributed by atoms with Gasteiger partial charge in [0.25, 0.3) is 11.9 Å². The van der Waals surface area contributed by atoms with E-state index in [0.717, 1.165) is 72.2 Å². The van der Waals surface area contributed by atoms with E-state index < -0.39 is 67.9 Å². The smallest absolute Gasteiger partial charge is 0.408 e. The van der Waals surface area contributed by atoms with Crippen molar-refractivity contribution in [2.45, 2.75) is 172 Å². The predicted molar refractivity (Wildman–Crippen MR) is 227 cm³/mol. The summed E-state index contributed by atoms with van der Waals surface area (Å²) in [5.41, 5.74) is 1.46. The van der Waals surface area contributed by atoms with E-state index in [1.54, 1.807) is 39.0 Å². The molecule has 4 fully saturated rings. The third kappa shape index (κ3) is 8.36. The molecule has 3 N–H and O–H groups in total. The number of nitrogens with zero attached hydrogens (tertiary/aromatic N) is 4. The standard InChI is InChI=1S/C43H59N7O8S2/c1-25(2)50-31-18-12-15-28(36-44-29-17-13-19-33(29)59-36)34(31)46-39(50)57-27-22-32-35(51)47-43(38(53)48-60(55,56)42(6)20-21-42)23-26(43)14-10-8-7-9-11-16-30(37(52)49(32)24-27)45-40(54)58-41(3,4)5/h12,15,18,25-27,30,32H,7-11,13-14,16-17,19-24H2,1-6H3,(H,45,54)(H,47,51)(H,48,53)/t26-,27-,30+,32+,43-/m1/s1. The zero-order valence-corrected chi connectivity index (χ0v) is 37.2. The molecule has 3 aliphatic carbocycles. The maximum absolute atomic E-state index is 14.7. The van der Waals surface area contributed by atoms with Crippen LogP contribution < -0.4 is 20.1 Å². The van der Waals surface area contributed by atoms with E-state index in [9.17, 15) is 27.6 Å². The summed E-state index contributed by atoms with van der Waals surface area (Å²) in [6.45, 7) is 10.9. The lowest BCUT2D eigenvalue weighted by Crippen LogP contribution is -2.58. The Morgan fingerprint density at radius 1 is 1.02 bits per heavy atom. The van der Waals surface area contributed by atoms with Crippen LogP contribution in [0.5, 0.6) is 6.01 Å². The number of carbonyl (C=O) groups excluding carboxylic acids is 4. The Bertz CT molecular complexity index is 2270. The SMILES string of the molecule is CC(C)n1c(O[C@@H]2C[C@H]3C(=O)N[C@]4(C(=O)NS(=O)(=O)C5(C)CC5)C[C@H]4CCCCCCC[C@H](NC(=O)OC(C)(C)C)C(=O)N3C2)nc2c(-c3nc4c(s3)CCC4)cccc21. The third-order valence-electron chi connectivity index (χ3n) is 12.9. The molecular weight excluding hydrogens is 807 g/mol. The first-order valence-corrected chi connectivity index (χ1v) is 24.0. The number of ether oxygens (including phenoxy) is 2. The molecule has 3 aromatic rings. The van der Waals surface area contributed by atoms with Gasteiger partial charge in [-0.05, 0) is 111 Å². The van der Waals surface area contributed by atoms with Gasteiger partial charge in [0.05, 0.1) is 22.5 Å². The number of nitrogens with one attached hydrogen (secondary N) is 3. The molecule has 60 heavy (non-hydrogen) atoms. The summed E-state index contributed by atoms with van der Waals surface area (Å²) in [6.07, 6.45) is 7.98. The van der Waals surface area contributed by atoms with Gasteiger partial charge < -0.3 is 25.0 Å². The van der Waals surface area contributed by atoms with Crippen molar-refractivity contribution in [2.75, 3.05) is 6.54 Å². The first kappa shape index (κ1) is 42.4. The monoisotopic (exact) mass is 865 g/mol. The summed E-state index contributed by atoms with van der Waals surface area (Å²) in [6, 6.07) is 4.23. The number of hydrogen-bond donors (Lipinski definition) is 3. The Labute approximate surface area is 356 Å². The summed E-state index contributed by atoms with van der Waals surface area (Å²) in [5.74, 6) is -2.04. The van der Waals surface area contributed by atoms with Gasteiger partial charge in [-0.1, -0.05) is 38.2 Å². The van der Waals surface area contributed by atoms with Crippen molar-refractivity contribution >= 4 is 56.2 Å². The van der Waals surface area contributed by atoms with Gasteiger partial charge in [-0.25, -0.2) is 18.2 Å². The second-order valence-corrected chi connectivity index (χ2v) is 22.3. The molecule has 0 spiro atoms. The van der Waals surface area contributed by atoms with Crippen molar-refractivity contribution < 1.29 is 37.1 Å². The number of hydrogen-bond acceptors (Lipinski definition) is 11. The van der Waals surface area contributed by atoms with Gasteiger partial charge in [-0.3, -0.25) is 23.7 Å². The molecular formula is C43H59N7O8S2. The predicted octanol–water partition coefficient (Wildman–Crippen LogP) is 6.09. The molecule has 4 heterocycles. The lowest BCUT2D eigenvalue weighted by atomic mass is 10.0. The number of benzene rings is 1. The molecule has 8 rings (SSSR count). The highest BCUT2D eigenvalue weighted by Gasteiger charge is 2.63. The normalized spacial score (nSPS) is 26.9. The van der Waals surface area contributed by atoms with Gasteiger partial charge >= 0.3 is 6.09 Å². The highest BCUT2D eigenvalue weighted by molar-refractivity contribution is 7.91. The Morgan fingerprint density at radius 2 is 1.75 bits per heavy atom. The van der Waals surface area contributed by atoms with Crippen LogP contribution in [0.2, 0.25) is 0 Å². The summed E-state index contributed by atoms with van der Waals surface area (Å²) >= 11 is 1.70. The first-order valence-electron chi connectivity index (χ1n) is 21.7. The number of fused-ring (bicyclic) bond motifs is 4. The van der Waals surface area contributed by atoms with E-state index >= 15 is 0 Å². The van der Waals surface area contributed by atoms with Gasteiger partial charge in [0, 0.05) is 22.9 Å². The van der Waals surface area contributed by atoms with Gasteiger partial charge in [-0.15, -0.1) is 11.3 Å². The van der Waals surface area contributed by atoms with E-state index in [0.29, 0.717) is 44.5 Å². The van der Waals surface area contributed by atoms with Crippen molar-refractivity contribution in [1.82, 2.24) is 34.8 Å². The fraction of sp³-hybridized carbons (Fsp3) is 0.674. The quantitative estimate of drug-likeness (QED) is 0.239. The zero-order chi connectivity index (χ0) is 42.8. The maximum atomic E-state index is 14.7. The molecule has 0 radical (unpaired) electrons. The fourth-order valence-electron chi connectivity index (χ4n) is 9.11. The molecule has 5 aliphatic rings. The van der Waals surface area contributed by atoms with E-state index in [1.165, 1.54) is 9.78 Å².